The Bertz CT molecular complexity index is 331. The number of aromatic nitrogens is 2. The van der Waals surface area contributed by atoms with Crippen molar-refractivity contribution in [2.24, 2.45) is 11.1 Å². The van der Waals surface area contributed by atoms with Crippen LogP contribution >= 0.6 is 0 Å². The standard InChI is InChI=1S/C12H21N3O/c1-16-7-5-12(3-4-12)9-15-10-14-8-11(15)2-6-13/h8,10H,2-7,9,13H2,1H3. The molecule has 1 aliphatic carbocycles. The minimum atomic E-state index is 0.472. The average molecular weight is 223 g/mol. The van der Waals surface area contributed by atoms with Crippen LogP contribution in [-0.2, 0) is 17.7 Å². The van der Waals surface area contributed by atoms with Crippen LogP contribution < -0.4 is 5.73 Å². The third-order valence-electron chi connectivity index (χ3n) is 3.50. The maximum Gasteiger partial charge on any atom is 0.0948 e. The third kappa shape index (κ3) is 2.62. The largest absolute Gasteiger partial charge is 0.385 e. The van der Waals surface area contributed by atoms with Crippen molar-refractivity contribution in [3.8, 4) is 0 Å². The summed E-state index contributed by atoms with van der Waals surface area (Å²) in [7, 11) is 1.77. The van der Waals surface area contributed by atoms with Crippen molar-refractivity contribution < 1.29 is 4.74 Å². The molecule has 1 aromatic rings. The van der Waals surface area contributed by atoms with Gasteiger partial charge >= 0.3 is 0 Å². The summed E-state index contributed by atoms with van der Waals surface area (Å²) >= 11 is 0. The van der Waals surface area contributed by atoms with E-state index in [1.165, 1.54) is 18.5 Å². The average Bonchev–Trinajstić information content (AvgIpc) is 2.92. The second kappa shape index (κ2) is 4.97. The Kier molecular flexibility index (Phi) is 3.61. The molecule has 16 heavy (non-hydrogen) atoms. The Balaban J connectivity index is 1.95. The van der Waals surface area contributed by atoms with E-state index >= 15 is 0 Å². The third-order valence-corrected chi connectivity index (χ3v) is 3.50. The van der Waals surface area contributed by atoms with Gasteiger partial charge in [-0.1, -0.05) is 0 Å². The zero-order valence-electron chi connectivity index (χ0n) is 9.98. The molecular formula is C12H21N3O. The van der Waals surface area contributed by atoms with Gasteiger partial charge in [0.1, 0.15) is 0 Å². The zero-order valence-corrected chi connectivity index (χ0v) is 9.98. The van der Waals surface area contributed by atoms with Crippen LogP contribution in [0.15, 0.2) is 12.5 Å². The van der Waals surface area contributed by atoms with Gasteiger partial charge in [0.15, 0.2) is 0 Å². The van der Waals surface area contributed by atoms with E-state index in [1.807, 2.05) is 12.5 Å². The van der Waals surface area contributed by atoms with Gasteiger partial charge in [0.25, 0.3) is 0 Å². The lowest BCUT2D eigenvalue weighted by molar-refractivity contribution is 0.166. The molecule has 2 rings (SSSR count). The highest BCUT2D eigenvalue weighted by molar-refractivity contribution is 5.03. The first kappa shape index (κ1) is 11.6. The predicted molar refractivity (Wildman–Crippen MR) is 63.1 cm³/mol. The molecule has 0 radical (unpaired) electrons. The van der Waals surface area contributed by atoms with Crippen LogP contribution in [0.2, 0.25) is 0 Å². The van der Waals surface area contributed by atoms with Crippen LogP contribution in [0.4, 0.5) is 0 Å². The maximum atomic E-state index is 5.59. The molecule has 0 aliphatic heterocycles. The van der Waals surface area contributed by atoms with E-state index in [0.29, 0.717) is 12.0 Å². The van der Waals surface area contributed by atoms with E-state index < -0.39 is 0 Å². The molecule has 0 bridgehead atoms. The highest BCUT2D eigenvalue weighted by Crippen LogP contribution is 2.50. The van der Waals surface area contributed by atoms with Gasteiger partial charge in [-0.3, -0.25) is 0 Å². The summed E-state index contributed by atoms with van der Waals surface area (Å²) in [5.41, 5.74) is 7.32. The number of ether oxygens (including phenoxy) is 1. The summed E-state index contributed by atoms with van der Waals surface area (Å²) in [4.78, 5) is 4.21. The topological polar surface area (TPSA) is 53.1 Å². The van der Waals surface area contributed by atoms with Gasteiger partial charge in [-0.25, -0.2) is 4.98 Å². The lowest BCUT2D eigenvalue weighted by Crippen LogP contribution is -2.16. The summed E-state index contributed by atoms with van der Waals surface area (Å²) in [5.74, 6) is 0. The Morgan fingerprint density at radius 2 is 2.38 bits per heavy atom. The SMILES string of the molecule is COCCC1(Cn2cncc2CCN)CC1. The second-order valence-electron chi connectivity index (χ2n) is 4.79. The quantitative estimate of drug-likeness (QED) is 0.755. The van der Waals surface area contributed by atoms with E-state index in [-0.39, 0.29) is 0 Å². The van der Waals surface area contributed by atoms with Crippen LogP contribution in [0.3, 0.4) is 0 Å². The maximum absolute atomic E-state index is 5.59. The van der Waals surface area contributed by atoms with Crippen molar-refractivity contribution in [2.45, 2.75) is 32.2 Å². The van der Waals surface area contributed by atoms with Crippen molar-refractivity contribution in [2.75, 3.05) is 20.3 Å². The van der Waals surface area contributed by atoms with Gasteiger partial charge in [0.05, 0.1) is 6.33 Å². The number of hydrogen-bond acceptors (Lipinski definition) is 3. The molecule has 1 heterocycles. The molecule has 1 saturated carbocycles. The molecule has 90 valence electrons. The molecule has 0 saturated heterocycles. The van der Waals surface area contributed by atoms with Gasteiger partial charge in [0, 0.05) is 38.6 Å². The minimum Gasteiger partial charge on any atom is -0.385 e. The molecule has 4 nitrogen and oxygen atoms in total. The Morgan fingerprint density at radius 3 is 3.00 bits per heavy atom. The molecule has 0 unspecified atom stereocenters. The monoisotopic (exact) mass is 223 g/mol. The van der Waals surface area contributed by atoms with Gasteiger partial charge in [-0.2, -0.15) is 0 Å². The fraction of sp³-hybridized carbons (Fsp3) is 0.750. The molecule has 1 aliphatic rings. The molecule has 1 fully saturated rings. The molecular weight excluding hydrogens is 202 g/mol. The van der Waals surface area contributed by atoms with Crippen molar-refractivity contribution in [1.29, 1.82) is 0 Å². The van der Waals surface area contributed by atoms with Gasteiger partial charge < -0.3 is 15.0 Å². The van der Waals surface area contributed by atoms with Crippen molar-refractivity contribution in [1.82, 2.24) is 9.55 Å². The number of nitrogens with zero attached hydrogens (tertiary/aromatic N) is 2. The molecule has 1 aromatic heterocycles. The van der Waals surface area contributed by atoms with Crippen molar-refractivity contribution >= 4 is 0 Å². The fourth-order valence-electron chi connectivity index (χ4n) is 2.19. The first-order valence-corrected chi connectivity index (χ1v) is 5.98. The van der Waals surface area contributed by atoms with Crippen molar-refractivity contribution in [3.63, 3.8) is 0 Å². The summed E-state index contributed by atoms with van der Waals surface area (Å²) in [6.07, 6.45) is 8.56. The van der Waals surface area contributed by atoms with Gasteiger partial charge in [0.2, 0.25) is 0 Å². The van der Waals surface area contributed by atoms with E-state index in [2.05, 4.69) is 9.55 Å². The predicted octanol–water partition coefficient (Wildman–Crippen LogP) is 1.20. The zero-order chi connectivity index (χ0) is 11.4. The van der Waals surface area contributed by atoms with Crippen LogP contribution in [0.1, 0.15) is 25.0 Å². The second-order valence-corrected chi connectivity index (χ2v) is 4.79. The first-order valence-electron chi connectivity index (χ1n) is 5.98. The highest BCUT2D eigenvalue weighted by Gasteiger charge is 2.42. The summed E-state index contributed by atoms with van der Waals surface area (Å²) in [6.45, 7) is 2.63. The molecule has 0 aromatic carbocycles. The van der Waals surface area contributed by atoms with E-state index in [0.717, 1.165) is 26.0 Å². The van der Waals surface area contributed by atoms with Crippen LogP contribution in [0.5, 0.6) is 0 Å². The van der Waals surface area contributed by atoms with Gasteiger partial charge in [-0.15, -0.1) is 0 Å². The Morgan fingerprint density at radius 1 is 1.56 bits per heavy atom. The highest BCUT2D eigenvalue weighted by atomic mass is 16.5. The number of methoxy groups -OCH3 is 1. The lowest BCUT2D eigenvalue weighted by atomic mass is 10.0. The normalized spacial score (nSPS) is 17.6. The van der Waals surface area contributed by atoms with Gasteiger partial charge in [-0.05, 0) is 31.2 Å². The van der Waals surface area contributed by atoms with E-state index in [4.69, 9.17) is 10.5 Å². The number of rotatable bonds is 7. The van der Waals surface area contributed by atoms with E-state index in [1.54, 1.807) is 7.11 Å². The fourth-order valence-corrected chi connectivity index (χ4v) is 2.19. The lowest BCUT2D eigenvalue weighted by Gasteiger charge is -2.17. The Labute approximate surface area is 96.8 Å². The number of hydrogen-bond donors (Lipinski definition) is 1. The number of imidazole rings is 1. The van der Waals surface area contributed by atoms with Crippen LogP contribution in [-0.4, -0.2) is 29.8 Å². The molecule has 0 spiro atoms. The summed E-state index contributed by atoms with van der Waals surface area (Å²) in [5, 5.41) is 0. The molecule has 2 N–H and O–H groups in total. The smallest absolute Gasteiger partial charge is 0.0948 e. The molecule has 0 atom stereocenters. The minimum absolute atomic E-state index is 0.472. The molecule has 0 amide bonds. The first-order chi connectivity index (χ1) is 7.79. The van der Waals surface area contributed by atoms with Crippen LogP contribution in [0.25, 0.3) is 0 Å². The van der Waals surface area contributed by atoms with Crippen LogP contribution in [0, 0.1) is 5.41 Å². The molecule has 4 heteroatoms. The van der Waals surface area contributed by atoms with Crippen molar-refractivity contribution in [3.05, 3.63) is 18.2 Å². The number of nitrogens with two attached hydrogens (primary N) is 1. The van der Waals surface area contributed by atoms with E-state index in [9.17, 15) is 0 Å². The summed E-state index contributed by atoms with van der Waals surface area (Å²) in [6, 6.07) is 0. The summed E-state index contributed by atoms with van der Waals surface area (Å²) < 4.78 is 7.43. The Hall–Kier alpha value is -0.870.